The Balaban J connectivity index is 2.22. The summed E-state index contributed by atoms with van der Waals surface area (Å²) >= 11 is 0. The summed E-state index contributed by atoms with van der Waals surface area (Å²) in [6.45, 7) is 4.54. The third-order valence-corrected chi connectivity index (χ3v) is 3.04. The van der Waals surface area contributed by atoms with Crippen LogP contribution in [0.15, 0.2) is 42.6 Å². The molecule has 100 valence electrons. The molecule has 0 spiro atoms. The Labute approximate surface area is 113 Å². The molecule has 1 aromatic carbocycles. The van der Waals surface area contributed by atoms with E-state index in [1.807, 2.05) is 44.2 Å². The van der Waals surface area contributed by atoms with Crippen molar-refractivity contribution < 1.29 is 9.53 Å². The van der Waals surface area contributed by atoms with E-state index in [4.69, 9.17) is 4.74 Å². The summed E-state index contributed by atoms with van der Waals surface area (Å²) in [6.07, 6.45) is 1.65. The van der Waals surface area contributed by atoms with Gasteiger partial charge in [-0.15, -0.1) is 0 Å². The first-order chi connectivity index (χ1) is 9.24. The van der Waals surface area contributed by atoms with Crippen LogP contribution in [0.4, 0.5) is 0 Å². The molecule has 0 unspecified atom stereocenters. The van der Waals surface area contributed by atoms with Gasteiger partial charge in [0.25, 0.3) is 0 Å². The second-order valence-corrected chi connectivity index (χ2v) is 4.31. The predicted octanol–water partition coefficient (Wildman–Crippen LogP) is 2.71. The fourth-order valence-corrected chi connectivity index (χ4v) is 1.99. The maximum atomic E-state index is 12.0. The molecule has 0 saturated carbocycles. The maximum Gasteiger partial charge on any atom is 0.206 e. The monoisotopic (exact) mass is 258 g/mol. The fourth-order valence-electron chi connectivity index (χ4n) is 1.99. The van der Waals surface area contributed by atoms with Crippen LogP contribution in [0.1, 0.15) is 35.9 Å². The highest BCUT2D eigenvalue weighted by molar-refractivity contribution is 5.95. The quantitative estimate of drug-likeness (QED) is 0.748. The van der Waals surface area contributed by atoms with Crippen molar-refractivity contribution in [2.45, 2.75) is 19.9 Å². The lowest BCUT2D eigenvalue weighted by Gasteiger charge is -2.15. The summed E-state index contributed by atoms with van der Waals surface area (Å²) in [5, 5.41) is 4.26. The van der Waals surface area contributed by atoms with Crippen LogP contribution < -0.4 is 0 Å². The Kier molecular flexibility index (Phi) is 4.47. The summed E-state index contributed by atoms with van der Waals surface area (Å²) < 4.78 is 6.92. The molecule has 2 aromatic rings. The predicted molar refractivity (Wildman–Crippen MR) is 73.3 cm³/mol. The number of Topliss-reactive ketones (excluding diaryl/α,β-unsaturated/α-hetero) is 1. The first kappa shape index (κ1) is 13.5. The van der Waals surface area contributed by atoms with Gasteiger partial charge >= 0.3 is 0 Å². The SMILES string of the molecule is CCOCC(=O)c1ccnn1[C@H](C)c1ccccc1. The number of aromatic nitrogens is 2. The first-order valence-corrected chi connectivity index (χ1v) is 6.43. The topological polar surface area (TPSA) is 44.1 Å². The van der Waals surface area contributed by atoms with Crippen LogP contribution in [0.25, 0.3) is 0 Å². The highest BCUT2D eigenvalue weighted by Crippen LogP contribution is 2.18. The van der Waals surface area contributed by atoms with Gasteiger partial charge in [-0.05, 0) is 25.5 Å². The zero-order valence-electron chi connectivity index (χ0n) is 11.2. The molecule has 0 fully saturated rings. The van der Waals surface area contributed by atoms with E-state index < -0.39 is 0 Å². The molecule has 2 rings (SSSR count). The van der Waals surface area contributed by atoms with Crippen molar-refractivity contribution in [3.05, 3.63) is 53.9 Å². The molecule has 19 heavy (non-hydrogen) atoms. The fraction of sp³-hybridized carbons (Fsp3) is 0.333. The third-order valence-electron chi connectivity index (χ3n) is 3.04. The van der Waals surface area contributed by atoms with Crippen molar-refractivity contribution in [1.82, 2.24) is 9.78 Å². The average molecular weight is 258 g/mol. The molecule has 0 radical (unpaired) electrons. The normalized spacial score (nSPS) is 12.3. The zero-order chi connectivity index (χ0) is 13.7. The number of carbonyl (C=O) groups excluding carboxylic acids is 1. The van der Waals surface area contributed by atoms with Crippen molar-refractivity contribution in [2.24, 2.45) is 0 Å². The van der Waals surface area contributed by atoms with Crippen molar-refractivity contribution in [3.63, 3.8) is 0 Å². The van der Waals surface area contributed by atoms with Crippen molar-refractivity contribution in [3.8, 4) is 0 Å². The second kappa shape index (κ2) is 6.29. The molecular formula is C15H18N2O2. The van der Waals surface area contributed by atoms with Crippen LogP contribution >= 0.6 is 0 Å². The molecule has 4 nitrogen and oxygen atoms in total. The lowest BCUT2D eigenvalue weighted by atomic mass is 10.1. The van der Waals surface area contributed by atoms with E-state index >= 15 is 0 Å². The average Bonchev–Trinajstić information content (AvgIpc) is 2.94. The Morgan fingerprint density at radius 3 is 2.74 bits per heavy atom. The Morgan fingerprint density at radius 1 is 1.32 bits per heavy atom. The Hall–Kier alpha value is -1.94. The summed E-state index contributed by atoms with van der Waals surface area (Å²) in [6, 6.07) is 11.8. The summed E-state index contributed by atoms with van der Waals surface area (Å²) in [5.41, 5.74) is 1.71. The van der Waals surface area contributed by atoms with Gasteiger partial charge in [0.2, 0.25) is 5.78 Å². The van der Waals surface area contributed by atoms with Crippen LogP contribution in [-0.2, 0) is 4.74 Å². The van der Waals surface area contributed by atoms with Crippen molar-refractivity contribution in [1.29, 1.82) is 0 Å². The van der Waals surface area contributed by atoms with Crippen molar-refractivity contribution in [2.75, 3.05) is 13.2 Å². The standard InChI is InChI=1S/C15H18N2O2/c1-3-19-11-15(18)14-9-10-16-17(14)12(2)13-7-5-4-6-8-13/h4-10,12H,3,11H2,1-2H3/t12-/m1/s1. The van der Waals surface area contributed by atoms with Gasteiger partial charge in [0.15, 0.2) is 0 Å². The largest absolute Gasteiger partial charge is 0.374 e. The van der Waals surface area contributed by atoms with Crippen LogP contribution in [0.5, 0.6) is 0 Å². The van der Waals surface area contributed by atoms with E-state index in [-0.39, 0.29) is 18.4 Å². The minimum atomic E-state index is -0.0397. The number of carbonyl (C=O) groups is 1. The molecule has 0 bridgehead atoms. The number of ether oxygens (including phenoxy) is 1. The lowest BCUT2D eigenvalue weighted by molar-refractivity contribution is 0.0771. The number of benzene rings is 1. The van der Waals surface area contributed by atoms with Gasteiger partial charge in [0, 0.05) is 12.8 Å². The molecule has 1 aromatic heterocycles. The Bertz CT molecular complexity index is 534. The van der Waals surface area contributed by atoms with E-state index in [1.165, 1.54) is 0 Å². The summed E-state index contributed by atoms with van der Waals surface area (Å²) in [7, 11) is 0. The second-order valence-electron chi connectivity index (χ2n) is 4.31. The van der Waals surface area contributed by atoms with E-state index in [1.54, 1.807) is 16.9 Å². The summed E-state index contributed by atoms with van der Waals surface area (Å²) in [5.74, 6) is -0.0397. The van der Waals surface area contributed by atoms with E-state index in [0.717, 1.165) is 5.56 Å². The van der Waals surface area contributed by atoms with E-state index in [2.05, 4.69) is 5.10 Å². The van der Waals surface area contributed by atoms with Crippen LogP contribution in [0.3, 0.4) is 0 Å². The molecule has 0 amide bonds. The van der Waals surface area contributed by atoms with Crippen LogP contribution in [0.2, 0.25) is 0 Å². The Morgan fingerprint density at radius 2 is 2.05 bits per heavy atom. The first-order valence-electron chi connectivity index (χ1n) is 6.43. The molecule has 0 aliphatic rings. The van der Waals surface area contributed by atoms with E-state index in [9.17, 15) is 4.79 Å². The minimum absolute atomic E-state index is 0.0248. The van der Waals surface area contributed by atoms with Gasteiger partial charge in [0.1, 0.15) is 12.3 Å². The van der Waals surface area contributed by atoms with Gasteiger partial charge in [-0.3, -0.25) is 9.48 Å². The zero-order valence-corrected chi connectivity index (χ0v) is 11.2. The number of rotatable bonds is 6. The number of ketones is 1. The lowest BCUT2D eigenvalue weighted by Crippen LogP contribution is -2.18. The molecular weight excluding hydrogens is 240 g/mol. The van der Waals surface area contributed by atoms with Crippen LogP contribution in [0, 0.1) is 0 Å². The molecule has 4 heteroatoms. The van der Waals surface area contributed by atoms with Gasteiger partial charge in [-0.1, -0.05) is 30.3 Å². The van der Waals surface area contributed by atoms with Crippen LogP contribution in [-0.4, -0.2) is 28.8 Å². The molecule has 0 aliphatic carbocycles. The highest BCUT2D eigenvalue weighted by atomic mass is 16.5. The molecule has 0 N–H and O–H groups in total. The molecule has 0 saturated heterocycles. The minimum Gasteiger partial charge on any atom is -0.374 e. The van der Waals surface area contributed by atoms with Gasteiger partial charge in [0.05, 0.1) is 6.04 Å². The number of hydrogen-bond acceptors (Lipinski definition) is 3. The van der Waals surface area contributed by atoms with Gasteiger partial charge < -0.3 is 4.74 Å². The molecule has 1 atom stereocenters. The van der Waals surface area contributed by atoms with Gasteiger partial charge in [-0.25, -0.2) is 0 Å². The summed E-state index contributed by atoms with van der Waals surface area (Å²) in [4.78, 5) is 12.0. The number of hydrogen-bond donors (Lipinski definition) is 0. The molecule has 1 heterocycles. The number of nitrogens with zero attached hydrogens (tertiary/aromatic N) is 2. The highest BCUT2D eigenvalue weighted by Gasteiger charge is 2.17. The van der Waals surface area contributed by atoms with Crippen molar-refractivity contribution >= 4 is 5.78 Å². The van der Waals surface area contributed by atoms with Gasteiger partial charge in [-0.2, -0.15) is 5.10 Å². The third kappa shape index (κ3) is 3.09. The molecule has 0 aliphatic heterocycles. The smallest absolute Gasteiger partial charge is 0.206 e. The van der Waals surface area contributed by atoms with E-state index in [0.29, 0.717) is 12.3 Å². The maximum absolute atomic E-state index is 12.0.